The van der Waals surface area contributed by atoms with Crippen LogP contribution in [-0.2, 0) is 4.79 Å². The summed E-state index contributed by atoms with van der Waals surface area (Å²) in [6.45, 7) is 5.79. The van der Waals surface area contributed by atoms with Crippen LogP contribution in [0.3, 0.4) is 0 Å². The Kier molecular flexibility index (Phi) is 4.92. The van der Waals surface area contributed by atoms with Gasteiger partial charge in [0.25, 0.3) is 11.1 Å². The van der Waals surface area contributed by atoms with Crippen molar-refractivity contribution in [1.29, 1.82) is 0 Å². The summed E-state index contributed by atoms with van der Waals surface area (Å²) < 4.78 is 5.79. The van der Waals surface area contributed by atoms with Gasteiger partial charge < -0.3 is 14.7 Å². The number of benzene rings is 2. The predicted molar refractivity (Wildman–Crippen MR) is 111 cm³/mol. The minimum absolute atomic E-state index is 0.106. The average Bonchev–Trinajstić information content (AvgIpc) is 3.31. The van der Waals surface area contributed by atoms with E-state index in [0.29, 0.717) is 11.1 Å². The fourth-order valence-electron chi connectivity index (χ4n) is 2.92. The van der Waals surface area contributed by atoms with Crippen molar-refractivity contribution >= 4 is 34.3 Å². The van der Waals surface area contributed by atoms with Gasteiger partial charge in [-0.3, -0.25) is 4.79 Å². The fourth-order valence-corrected chi connectivity index (χ4v) is 3.61. The van der Waals surface area contributed by atoms with Crippen molar-refractivity contribution < 1.29 is 9.21 Å². The van der Waals surface area contributed by atoms with Gasteiger partial charge in [-0.1, -0.05) is 42.1 Å². The number of amides is 1. The van der Waals surface area contributed by atoms with Crippen molar-refractivity contribution in [3.05, 3.63) is 59.8 Å². The summed E-state index contributed by atoms with van der Waals surface area (Å²) in [5.41, 5.74) is 4.80. The molecule has 0 aliphatic heterocycles. The van der Waals surface area contributed by atoms with Crippen LogP contribution in [0.1, 0.15) is 18.1 Å². The molecule has 28 heavy (non-hydrogen) atoms. The summed E-state index contributed by atoms with van der Waals surface area (Å²) in [5, 5.41) is 12.2. The molecule has 2 N–H and O–H groups in total. The van der Waals surface area contributed by atoms with Crippen molar-refractivity contribution in [3.63, 3.8) is 0 Å². The number of carbonyl (C=O) groups excluding carboxylic acids is 1. The molecule has 0 unspecified atom stereocenters. The summed E-state index contributed by atoms with van der Waals surface area (Å²) in [6, 6.07) is 13.9. The smallest absolute Gasteiger partial charge is 0.277 e. The second-order valence-electron chi connectivity index (χ2n) is 6.69. The third kappa shape index (κ3) is 3.66. The third-order valence-corrected chi connectivity index (χ3v) is 5.46. The second kappa shape index (κ2) is 7.52. The molecule has 1 amide bonds. The molecule has 0 radical (unpaired) electrons. The molecule has 2 aromatic heterocycles. The first kappa shape index (κ1) is 18.3. The fraction of sp³-hybridized carbons (Fsp3) is 0.190. The quantitative estimate of drug-likeness (QED) is 0.469. The number of thioether (sulfide) groups is 1. The first-order valence-electron chi connectivity index (χ1n) is 8.96. The standard InChI is InChI=1S/C21H20N4O2S/c1-12-8-9-13(2)18(10-12)23-19(26)14(3)28-21-25-24-20(27-21)16-11-22-17-7-5-4-6-15(16)17/h4-11,14,22H,1-3H3,(H,23,26)/t14-/m1/s1. The monoisotopic (exact) mass is 392 g/mol. The summed E-state index contributed by atoms with van der Waals surface area (Å²) in [7, 11) is 0. The van der Waals surface area contributed by atoms with Gasteiger partial charge in [0.15, 0.2) is 0 Å². The van der Waals surface area contributed by atoms with Crippen LogP contribution < -0.4 is 5.32 Å². The van der Waals surface area contributed by atoms with E-state index in [4.69, 9.17) is 4.42 Å². The van der Waals surface area contributed by atoms with Gasteiger partial charge in [-0.2, -0.15) is 0 Å². The van der Waals surface area contributed by atoms with Gasteiger partial charge in [0.2, 0.25) is 5.91 Å². The van der Waals surface area contributed by atoms with E-state index in [-0.39, 0.29) is 11.2 Å². The number of aromatic nitrogens is 3. The summed E-state index contributed by atoms with van der Waals surface area (Å²) in [4.78, 5) is 15.8. The van der Waals surface area contributed by atoms with Crippen molar-refractivity contribution in [2.75, 3.05) is 5.32 Å². The maximum Gasteiger partial charge on any atom is 0.277 e. The first-order valence-corrected chi connectivity index (χ1v) is 9.84. The van der Waals surface area contributed by atoms with Crippen molar-refractivity contribution in [2.45, 2.75) is 31.2 Å². The van der Waals surface area contributed by atoms with E-state index in [1.807, 2.05) is 69.4 Å². The van der Waals surface area contributed by atoms with Gasteiger partial charge in [0.05, 0.1) is 10.8 Å². The normalized spacial score (nSPS) is 12.2. The Labute approximate surface area is 166 Å². The van der Waals surface area contributed by atoms with Crippen LogP contribution in [0.25, 0.3) is 22.4 Å². The number of H-pyrrole nitrogens is 1. The van der Waals surface area contributed by atoms with Gasteiger partial charge in [0, 0.05) is 22.8 Å². The maximum atomic E-state index is 12.6. The van der Waals surface area contributed by atoms with Crippen LogP contribution in [0.2, 0.25) is 0 Å². The number of aryl methyl sites for hydroxylation is 2. The molecule has 0 saturated heterocycles. The topological polar surface area (TPSA) is 83.8 Å². The summed E-state index contributed by atoms with van der Waals surface area (Å²) in [5.74, 6) is 0.327. The van der Waals surface area contributed by atoms with Crippen molar-refractivity contribution in [1.82, 2.24) is 15.2 Å². The molecule has 0 saturated carbocycles. The molecule has 2 heterocycles. The highest BCUT2D eigenvalue weighted by Gasteiger charge is 2.20. The molecular formula is C21H20N4O2S. The summed E-state index contributed by atoms with van der Waals surface area (Å²) in [6.07, 6.45) is 1.85. The zero-order chi connectivity index (χ0) is 19.7. The van der Waals surface area contributed by atoms with E-state index in [9.17, 15) is 4.79 Å². The molecule has 4 aromatic rings. The number of aromatic amines is 1. The lowest BCUT2D eigenvalue weighted by Gasteiger charge is -2.12. The highest BCUT2D eigenvalue weighted by Crippen LogP contribution is 2.31. The molecule has 142 valence electrons. The molecule has 0 spiro atoms. The molecule has 4 rings (SSSR count). The number of nitrogens with zero attached hydrogens (tertiary/aromatic N) is 2. The van der Waals surface area contributed by atoms with E-state index in [2.05, 4.69) is 20.5 Å². The zero-order valence-corrected chi connectivity index (χ0v) is 16.6. The van der Waals surface area contributed by atoms with Crippen LogP contribution >= 0.6 is 11.8 Å². The van der Waals surface area contributed by atoms with Crippen LogP contribution in [0, 0.1) is 13.8 Å². The number of hydrogen-bond acceptors (Lipinski definition) is 5. The van der Waals surface area contributed by atoms with Gasteiger partial charge in [-0.15, -0.1) is 10.2 Å². The number of hydrogen-bond donors (Lipinski definition) is 2. The van der Waals surface area contributed by atoms with Gasteiger partial charge in [-0.05, 0) is 44.0 Å². The Hall–Kier alpha value is -3.06. The Morgan fingerprint density at radius 2 is 2.00 bits per heavy atom. The zero-order valence-electron chi connectivity index (χ0n) is 15.8. The van der Waals surface area contributed by atoms with E-state index in [1.165, 1.54) is 11.8 Å². The molecule has 0 aliphatic rings. The largest absolute Gasteiger partial charge is 0.411 e. The van der Waals surface area contributed by atoms with Crippen LogP contribution in [-0.4, -0.2) is 26.3 Å². The van der Waals surface area contributed by atoms with Gasteiger partial charge in [0.1, 0.15) is 0 Å². The SMILES string of the molecule is Cc1ccc(C)c(NC(=O)[C@@H](C)Sc2nnc(-c3c[nH]c4ccccc34)o2)c1. The lowest BCUT2D eigenvalue weighted by Crippen LogP contribution is -2.22. The van der Waals surface area contributed by atoms with Crippen LogP contribution in [0.5, 0.6) is 0 Å². The van der Waals surface area contributed by atoms with Gasteiger partial charge in [-0.25, -0.2) is 0 Å². The molecule has 6 nitrogen and oxygen atoms in total. The lowest BCUT2D eigenvalue weighted by atomic mass is 10.1. The number of rotatable bonds is 5. The van der Waals surface area contributed by atoms with Crippen molar-refractivity contribution in [3.8, 4) is 11.5 Å². The van der Waals surface area contributed by atoms with Crippen LogP contribution in [0.15, 0.2) is 58.3 Å². The van der Waals surface area contributed by atoms with E-state index >= 15 is 0 Å². The minimum atomic E-state index is -0.379. The van der Waals surface area contributed by atoms with Crippen molar-refractivity contribution in [2.24, 2.45) is 0 Å². The predicted octanol–water partition coefficient (Wildman–Crippen LogP) is 4.95. The molecular weight excluding hydrogens is 372 g/mol. The van der Waals surface area contributed by atoms with Crippen LogP contribution in [0.4, 0.5) is 5.69 Å². The third-order valence-electron chi connectivity index (χ3n) is 4.52. The number of para-hydroxylation sites is 1. The van der Waals surface area contributed by atoms with E-state index < -0.39 is 0 Å². The van der Waals surface area contributed by atoms with E-state index in [1.54, 1.807) is 0 Å². The highest BCUT2D eigenvalue weighted by molar-refractivity contribution is 8.00. The number of fused-ring (bicyclic) bond motifs is 1. The molecule has 7 heteroatoms. The highest BCUT2D eigenvalue weighted by atomic mass is 32.2. The molecule has 0 aliphatic carbocycles. The maximum absolute atomic E-state index is 12.6. The average molecular weight is 392 g/mol. The number of nitrogens with one attached hydrogen (secondary N) is 2. The lowest BCUT2D eigenvalue weighted by molar-refractivity contribution is -0.115. The Morgan fingerprint density at radius 3 is 2.86 bits per heavy atom. The Morgan fingerprint density at radius 1 is 1.18 bits per heavy atom. The Balaban J connectivity index is 1.47. The first-order chi connectivity index (χ1) is 13.5. The Bertz CT molecular complexity index is 1150. The van der Waals surface area contributed by atoms with Gasteiger partial charge >= 0.3 is 0 Å². The number of carbonyl (C=O) groups is 1. The molecule has 0 fully saturated rings. The minimum Gasteiger partial charge on any atom is -0.411 e. The second-order valence-corrected chi connectivity index (χ2v) is 7.98. The molecule has 2 aromatic carbocycles. The molecule has 0 bridgehead atoms. The molecule has 1 atom stereocenters. The summed E-state index contributed by atoms with van der Waals surface area (Å²) >= 11 is 1.24. The number of anilines is 1. The van der Waals surface area contributed by atoms with E-state index in [0.717, 1.165) is 33.3 Å².